The first-order valence-corrected chi connectivity index (χ1v) is 5.98. The number of ether oxygens (including phenoxy) is 1. The van der Waals surface area contributed by atoms with Crippen molar-refractivity contribution in [1.29, 1.82) is 0 Å². The summed E-state index contributed by atoms with van der Waals surface area (Å²) in [6, 6.07) is 6.50. The average Bonchev–Trinajstić information content (AvgIpc) is 2.78. The van der Waals surface area contributed by atoms with Gasteiger partial charge < -0.3 is 10.1 Å². The standard InChI is InChI=1S/C13H19N3O/c1-3-12(10-17-2)14-8-11-9-15-16-7-5-4-6-13(11)16/h4-7,9,12,14H,3,8,10H2,1-2H3. The lowest BCUT2D eigenvalue weighted by molar-refractivity contribution is 0.164. The van der Waals surface area contributed by atoms with Crippen LogP contribution in [0.5, 0.6) is 0 Å². The predicted octanol–water partition coefficient (Wildman–Crippen LogP) is 1.85. The maximum Gasteiger partial charge on any atom is 0.0706 e. The van der Waals surface area contributed by atoms with Crippen LogP contribution in [0, 0.1) is 0 Å². The SMILES string of the molecule is CCC(COC)NCc1cnn2ccccc12. The second-order valence-corrected chi connectivity index (χ2v) is 4.14. The van der Waals surface area contributed by atoms with Gasteiger partial charge in [-0.2, -0.15) is 5.10 Å². The smallest absolute Gasteiger partial charge is 0.0706 e. The number of hydrogen-bond donors (Lipinski definition) is 1. The zero-order valence-electron chi connectivity index (χ0n) is 10.4. The van der Waals surface area contributed by atoms with E-state index >= 15 is 0 Å². The van der Waals surface area contributed by atoms with Crippen molar-refractivity contribution in [2.45, 2.75) is 25.9 Å². The minimum Gasteiger partial charge on any atom is -0.383 e. The van der Waals surface area contributed by atoms with E-state index in [4.69, 9.17) is 4.74 Å². The van der Waals surface area contributed by atoms with Crippen molar-refractivity contribution >= 4 is 5.52 Å². The third-order valence-electron chi connectivity index (χ3n) is 2.95. The summed E-state index contributed by atoms with van der Waals surface area (Å²) in [6.07, 6.45) is 4.94. The maximum atomic E-state index is 5.17. The second kappa shape index (κ2) is 5.80. The highest BCUT2D eigenvalue weighted by Gasteiger charge is 2.07. The van der Waals surface area contributed by atoms with Crippen LogP contribution in [0.1, 0.15) is 18.9 Å². The lowest BCUT2D eigenvalue weighted by atomic mass is 10.2. The minimum absolute atomic E-state index is 0.402. The van der Waals surface area contributed by atoms with Gasteiger partial charge in [0.1, 0.15) is 0 Å². The molecule has 1 atom stereocenters. The van der Waals surface area contributed by atoms with Gasteiger partial charge in [-0.1, -0.05) is 13.0 Å². The topological polar surface area (TPSA) is 38.6 Å². The summed E-state index contributed by atoms with van der Waals surface area (Å²) in [5.41, 5.74) is 2.38. The summed E-state index contributed by atoms with van der Waals surface area (Å²) in [7, 11) is 1.74. The molecule has 0 bridgehead atoms. The molecule has 0 aromatic carbocycles. The number of pyridine rings is 1. The van der Waals surface area contributed by atoms with Gasteiger partial charge in [-0.25, -0.2) is 4.52 Å². The highest BCUT2D eigenvalue weighted by Crippen LogP contribution is 2.09. The van der Waals surface area contributed by atoms with Gasteiger partial charge in [-0.3, -0.25) is 0 Å². The zero-order chi connectivity index (χ0) is 12.1. The molecule has 4 nitrogen and oxygen atoms in total. The van der Waals surface area contributed by atoms with Crippen LogP contribution in [-0.2, 0) is 11.3 Å². The lowest BCUT2D eigenvalue weighted by Crippen LogP contribution is -2.31. The van der Waals surface area contributed by atoms with Gasteiger partial charge in [0.15, 0.2) is 0 Å². The van der Waals surface area contributed by atoms with Gasteiger partial charge in [-0.05, 0) is 18.6 Å². The molecule has 2 aromatic rings. The van der Waals surface area contributed by atoms with Gasteiger partial charge in [0, 0.05) is 31.5 Å². The average molecular weight is 233 g/mol. The Labute approximate surface area is 102 Å². The van der Waals surface area contributed by atoms with Crippen LogP contribution in [0.2, 0.25) is 0 Å². The van der Waals surface area contributed by atoms with E-state index in [0.29, 0.717) is 6.04 Å². The van der Waals surface area contributed by atoms with E-state index in [1.54, 1.807) is 7.11 Å². The number of methoxy groups -OCH3 is 1. The Morgan fingerprint density at radius 3 is 3.12 bits per heavy atom. The molecule has 0 aliphatic rings. The Kier molecular flexibility index (Phi) is 4.12. The van der Waals surface area contributed by atoms with Crippen LogP contribution in [0.25, 0.3) is 5.52 Å². The van der Waals surface area contributed by atoms with Crippen LogP contribution in [-0.4, -0.2) is 29.4 Å². The van der Waals surface area contributed by atoms with Crippen LogP contribution in [0.4, 0.5) is 0 Å². The fourth-order valence-corrected chi connectivity index (χ4v) is 1.90. The number of rotatable bonds is 6. The molecule has 0 saturated heterocycles. The summed E-state index contributed by atoms with van der Waals surface area (Å²) in [6.45, 7) is 3.73. The molecule has 0 saturated carbocycles. The molecule has 17 heavy (non-hydrogen) atoms. The fraction of sp³-hybridized carbons (Fsp3) is 0.462. The zero-order valence-corrected chi connectivity index (χ0v) is 10.4. The number of fused-ring (bicyclic) bond motifs is 1. The maximum absolute atomic E-state index is 5.17. The van der Waals surface area contributed by atoms with Gasteiger partial charge >= 0.3 is 0 Å². The first kappa shape index (κ1) is 12.1. The Balaban J connectivity index is 2.03. The molecule has 2 heterocycles. The quantitative estimate of drug-likeness (QED) is 0.827. The third kappa shape index (κ3) is 2.84. The largest absolute Gasteiger partial charge is 0.383 e. The summed E-state index contributed by atoms with van der Waals surface area (Å²) in [4.78, 5) is 0. The Hall–Kier alpha value is -1.39. The van der Waals surface area contributed by atoms with E-state index in [1.165, 1.54) is 5.56 Å². The number of hydrogen-bond acceptors (Lipinski definition) is 3. The molecular formula is C13H19N3O. The molecular weight excluding hydrogens is 214 g/mol. The predicted molar refractivity (Wildman–Crippen MR) is 68.0 cm³/mol. The van der Waals surface area contributed by atoms with Crippen molar-refractivity contribution < 1.29 is 4.74 Å². The van der Waals surface area contributed by atoms with Crippen molar-refractivity contribution in [1.82, 2.24) is 14.9 Å². The Morgan fingerprint density at radius 2 is 2.35 bits per heavy atom. The molecule has 0 aliphatic carbocycles. The molecule has 2 rings (SSSR count). The van der Waals surface area contributed by atoms with Crippen molar-refractivity contribution in [2.24, 2.45) is 0 Å². The molecule has 4 heteroatoms. The third-order valence-corrected chi connectivity index (χ3v) is 2.95. The van der Waals surface area contributed by atoms with Gasteiger partial charge in [-0.15, -0.1) is 0 Å². The lowest BCUT2D eigenvalue weighted by Gasteiger charge is -2.15. The van der Waals surface area contributed by atoms with E-state index in [1.807, 2.05) is 29.0 Å². The summed E-state index contributed by atoms with van der Waals surface area (Å²) in [5.74, 6) is 0. The van der Waals surface area contributed by atoms with Gasteiger partial charge in [0.25, 0.3) is 0 Å². The molecule has 0 radical (unpaired) electrons. The summed E-state index contributed by atoms with van der Waals surface area (Å²) in [5, 5.41) is 7.80. The van der Waals surface area contributed by atoms with Crippen molar-refractivity contribution in [3.63, 3.8) is 0 Å². The molecule has 1 N–H and O–H groups in total. The molecule has 1 unspecified atom stereocenters. The highest BCUT2D eigenvalue weighted by atomic mass is 16.5. The second-order valence-electron chi connectivity index (χ2n) is 4.14. The number of nitrogens with one attached hydrogen (secondary N) is 1. The van der Waals surface area contributed by atoms with Crippen molar-refractivity contribution in [3.05, 3.63) is 36.2 Å². The van der Waals surface area contributed by atoms with Gasteiger partial charge in [0.05, 0.1) is 18.3 Å². The van der Waals surface area contributed by atoms with E-state index in [9.17, 15) is 0 Å². The van der Waals surface area contributed by atoms with Crippen LogP contribution >= 0.6 is 0 Å². The van der Waals surface area contributed by atoms with E-state index in [0.717, 1.165) is 25.1 Å². The van der Waals surface area contributed by atoms with Crippen LogP contribution < -0.4 is 5.32 Å². The summed E-state index contributed by atoms with van der Waals surface area (Å²) < 4.78 is 7.07. The molecule has 0 aliphatic heterocycles. The Morgan fingerprint density at radius 1 is 1.47 bits per heavy atom. The molecule has 0 fully saturated rings. The fourth-order valence-electron chi connectivity index (χ4n) is 1.90. The first-order chi connectivity index (χ1) is 8.35. The molecule has 0 amide bonds. The van der Waals surface area contributed by atoms with Crippen LogP contribution in [0.3, 0.4) is 0 Å². The van der Waals surface area contributed by atoms with Crippen LogP contribution in [0.15, 0.2) is 30.6 Å². The minimum atomic E-state index is 0.402. The molecule has 92 valence electrons. The van der Waals surface area contributed by atoms with Gasteiger partial charge in [0.2, 0.25) is 0 Å². The monoisotopic (exact) mass is 233 g/mol. The van der Waals surface area contributed by atoms with Crippen molar-refractivity contribution in [2.75, 3.05) is 13.7 Å². The molecule has 0 spiro atoms. The normalized spacial score (nSPS) is 13.1. The summed E-state index contributed by atoms with van der Waals surface area (Å²) >= 11 is 0. The first-order valence-electron chi connectivity index (χ1n) is 5.98. The number of nitrogens with zero attached hydrogens (tertiary/aromatic N) is 2. The number of aromatic nitrogens is 2. The van der Waals surface area contributed by atoms with E-state index in [2.05, 4.69) is 23.4 Å². The molecule has 2 aromatic heterocycles. The Bertz CT molecular complexity index is 466. The van der Waals surface area contributed by atoms with Crippen molar-refractivity contribution in [3.8, 4) is 0 Å². The van der Waals surface area contributed by atoms with E-state index in [-0.39, 0.29) is 0 Å². The highest BCUT2D eigenvalue weighted by molar-refractivity contribution is 5.53. The van der Waals surface area contributed by atoms with E-state index < -0.39 is 0 Å².